The Morgan fingerprint density at radius 1 is 1.17 bits per heavy atom. The van der Waals surface area contributed by atoms with Gasteiger partial charge in [0, 0.05) is 16.6 Å². The van der Waals surface area contributed by atoms with E-state index in [1.165, 1.54) is 17.4 Å². The number of thiazole rings is 1. The monoisotopic (exact) mass is 379 g/mol. The molecule has 0 unspecified atom stereocenters. The van der Waals surface area contributed by atoms with Crippen molar-refractivity contribution in [2.24, 2.45) is 0 Å². The minimum atomic E-state index is -3.39. The fraction of sp³-hybridized carbons (Fsp3) is 0.0667. The minimum Gasteiger partial charge on any atom is -0.298 e. The molecular weight excluding hydrogens is 366 g/mol. The molecule has 1 aromatic carbocycles. The molecule has 9 heteroatoms. The average Bonchev–Trinajstić information content (AvgIpc) is 3.16. The van der Waals surface area contributed by atoms with Crippen LogP contribution >= 0.6 is 22.7 Å². The standard InChI is InChI=1S/C15H13N3O3S3/c1-24(20,21)18-11-5-2-4-10(8-11)14(19)17-15-16-12(9-23-15)13-6-3-7-22-13/h2-9,18H,1H3,(H,16,17,19). The van der Waals surface area contributed by atoms with Crippen LogP contribution in [0.25, 0.3) is 10.6 Å². The highest BCUT2D eigenvalue weighted by molar-refractivity contribution is 7.92. The van der Waals surface area contributed by atoms with E-state index in [0.717, 1.165) is 16.8 Å². The maximum atomic E-state index is 12.3. The van der Waals surface area contributed by atoms with Gasteiger partial charge in [0.1, 0.15) is 0 Å². The molecule has 2 N–H and O–H groups in total. The highest BCUT2D eigenvalue weighted by atomic mass is 32.2. The molecule has 0 spiro atoms. The number of benzene rings is 1. The van der Waals surface area contributed by atoms with Crippen LogP contribution in [0, 0.1) is 0 Å². The Kier molecular flexibility index (Phi) is 4.65. The van der Waals surface area contributed by atoms with Crippen molar-refractivity contribution in [3.05, 3.63) is 52.7 Å². The Balaban J connectivity index is 1.74. The van der Waals surface area contributed by atoms with E-state index in [1.807, 2.05) is 22.9 Å². The number of amides is 1. The van der Waals surface area contributed by atoms with E-state index >= 15 is 0 Å². The molecule has 3 aromatic rings. The van der Waals surface area contributed by atoms with E-state index in [1.54, 1.807) is 29.5 Å². The number of anilines is 2. The number of nitrogens with zero attached hydrogens (tertiary/aromatic N) is 1. The highest BCUT2D eigenvalue weighted by Crippen LogP contribution is 2.28. The first-order valence-electron chi connectivity index (χ1n) is 6.79. The van der Waals surface area contributed by atoms with Crippen LogP contribution in [-0.2, 0) is 10.0 Å². The molecule has 24 heavy (non-hydrogen) atoms. The molecule has 2 heterocycles. The second-order valence-electron chi connectivity index (χ2n) is 4.92. The number of aromatic nitrogens is 1. The summed E-state index contributed by atoms with van der Waals surface area (Å²) < 4.78 is 24.9. The molecule has 1 amide bonds. The van der Waals surface area contributed by atoms with Crippen molar-refractivity contribution in [3.63, 3.8) is 0 Å². The summed E-state index contributed by atoms with van der Waals surface area (Å²) in [5.74, 6) is -0.348. The summed E-state index contributed by atoms with van der Waals surface area (Å²) in [6.45, 7) is 0. The molecule has 0 bridgehead atoms. The lowest BCUT2D eigenvalue weighted by molar-refractivity contribution is 0.102. The molecule has 0 atom stereocenters. The maximum absolute atomic E-state index is 12.3. The van der Waals surface area contributed by atoms with Crippen LogP contribution in [0.5, 0.6) is 0 Å². The van der Waals surface area contributed by atoms with Gasteiger partial charge in [-0.15, -0.1) is 22.7 Å². The lowest BCUT2D eigenvalue weighted by atomic mass is 10.2. The zero-order chi connectivity index (χ0) is 17.2. The molecule has 0 aliphatic rings. The van der Waals surface area contributed by atoms with Gasteiger partial charge < -0.3 is 0 Å². The normalized spacial score (nSPS) is 11.2. The summed E-state index contributed by atoms with van der Waals surface area (Å²) in [5.41, 5.74) is 1.50. The molecule has 124 valence electrons. The molecule has 0 fully saturated rings. The molecule has 0 saturated heterocycles. The summed E-state index contributed by atoms with van der Waals surface area (Å²) in [7, 11) is -3.39. The van der Waals surface area contributed by atoms with Gasteiger partial charge in [0.05, 0.1) is 16.8 Å². The second-order valence-corrected chi connectivity index (χ2v) is 8.48. The third-order valence-corrected chi connectivity index (χ3v) is 5.18. The fourth-order valence-electron chi connectivity index (χ4n) is 1.98. The average molecular weight is 379 g/mol. The molecule has 3 rings (SSSR count). The van der Waals surface area contributed by atoms with E-state index in [4.69, 9.17) is 0 Å². The Bertz CT molecular complexity index is 963. The number of carbonyl (C=O) groups excluding carboxylic acids is 1. The third-order valence-electron chi connectivity index (χ3n) is 2.93. The summed E-state index contributed by atoms with van der Waals surface area (Å²) in [4.78, 5) is 17.7. The van der Waals surface area contributed by atoms with Gasteiger partial charge in [-0.1, -0.05) is 12.1 Å². The van der Waals surface area contributed by atoms with Crippen molar-refractivity contribution in [2.75, 3.05) is 16.3 Å². The number of hydrogen-bond donors (Lipinski definition) is 2. The van der Waals surface area contributed by atoms with Crippen LogP contribution in [-0.4, -0.2) is 25.6 Å². The first kappa shape index (κ1) is 16.6. The van der Waals surface area contributed by atoms with Crippen molar-refractivity contribution in [3.8, 4) is 10.6 Å². The van der Waals surface area contributed by atoms with E-state index in [2.05, 4.69) is 15.0 Å². The minimum absolute atomic E-state index is 0.337. The van der Waals surface area contributed by atoms with Crippen LogP contribution in [0.3, 0.4) is 0 Å². The third kappa shape index (κ3) is 4.19. The largest absolute Gasteiger partial charge is 0.298 e. The molecule has 6 nitrogen and oxygen atoms in total. The smallest absolute Gasteiger partial charge is 0.257 e. The first-order valence-corrected chi connectivity index (χ1v) is 10.4. The van der Waals surface area contributed by atoms with E-state index in [0.29, 0.717) is 16.4 Å². The Hall–Kier alpha value is -2.23. The van der Waals surface area contributed by atoms with Crippen LogP contribution < -0.4 is 10.0 Å². The van der Waals surface area contributed by atoms with Gasteiger partial charge in [0.2, 0.25) is 10.0 Å². The molecule has 0 saturated carbocycles. The predicted molar refractivity (Wildman–Crippen MR) is 98.3 cm³/mol. The number of nitrogens with one attached hydrogen (secondary N) is 2. The second kappa shape index (κ2) is 6.71. The van der Waals surface area contributed by atoms with Crippen molar-refractivity contribution in [1.82, 2.24) is 4.98 Å². The van der Waals surface area contributed by atoms with E-state index in [9.17, 15) is 13.2 Å². The SMILES string of the molecule is CS(=O)(=O)Nc1cccc(C(=O)Nc2nc(-c3cccs3)cs2)c1. The molecule has 0 radical (unpaired) electrons. The molecular formula is C15H13N3O3S3. The van der Waals surface area contributed by atoms with Gasteiger partial charge in [-0.3, -0.25) is 14.8 Å². The number of carbonyl (C=O) groups is 1. The number of thiophene rings is 1. The summed E-state index contributed by atoms with van der Waals surface area (Å²) in [6.07, 6.45) is 1.06. The summed E-state index contributed by atoms with van der Waals surface area (Å²) in [6, 6.07) is 10.2. The van der Waals surface area contributed by atoms with Gasteiger partial charge in [0.25, 0.3) is 5.91 Å². The number of rotatable bonds is 5. The van der Waals surface area contributed by atoms with E-state index in [-0.39, 0.29) is 5.91 Å². The molecule has 2 aromatic heterocycles. The van der Waals surface area contributed by atoms with Crippen LogP contribution in [0.2, 0.25) is 0 Å². The lowest BCUT2D eigenvalue weighted by Gasteiger charge is -2.06. The fourth-order valence-corrected chi connectivity index (χ4v) is 4.00. The zero-order valence-electron chi connectivity index (χ0n) is 12.5. The van der Waals surface area contributed by atoms with Crippen molar-refractivity contribution < 1.29 is 13.2 Å². The van der Waals surface area contributed by atoms with Crippen molar-refractivity contribution in [2.45, 2.75) is 0 Å². The highest BCUT2D eigenvalue weighted by Gasteiger charge is 2.12. The van der Waals surface area contributed by atoms with Crippen LogP contribution in [0.4, 0.5) is 10.8 Å². The van der Waals surface area contributed by atoms with Gasteiger partial charge in [-0.25, -0.2) is 13.4 Å². The van der Waals surface area contributed by atoms with Crippen LogP contribution in [0.15, 0.2) is 47.2 Å². The summed E-state index contributed by atoms with van der Waals surface area (Å²) >= 11 is 2.92. The molecule has 0 aliphatic carbocycles. The van der Waals surface area contributed by atoms with E-state index < -0.39 is 10.0 Å². The first-order chi connectivity index (χ1) is 11.4. The van der Waals surface area contributed by atoms with Gasteiger partial charge in [-0.05, 0) is 29.6 Å². The molecule has 0 aliphatic heterocycles. The Morgan fingerprint density at radius 2 is 2.00 bits per heavy atom. The quantitative estimate of drug-likeness (QED) is 0.710. The van der Waals surface area contributed by atoms with Crippen LogP contribution in [0.1, 0.15) is 10.4 Å². The topological polar surface area (TPSA) is 88.2 Å². The van der Waals surface area contributed by atoms with Gasteiger partial charge in [0.15, 0.2) is 5.13 Å². The Morgan fingerprint density at radius 3 is 2.71 bits per heavy atom. The van der Waals surface area contributed by atoms with Gasteiger partial charge in [-0.2, -0.15) is 0 Å². The van der Waals surface area contributed by atoms with Crippen molar-refractivity contribution >= 4 is 49.4 Å². The van der Waals surface area contributed by atoms with Gasteiger partial charge >= 0.3 is 0 Å². The van der Waals surface area contributed by atoms with Crippen molar-refractivity contribution in [1.29, 1.82) is 0 Å². The Labute approximate surface area is 147 Å². The predicted octanol–water partition coefficient (Wildman–Crippen LogP) is 3.50. The number of sulfonamides is 1. The number of hydrogen-bond acceptors (Lipinski definition) is 6. The zero-order valence-corrected chi connectivity index (χ0v) is 15.0. The lowest BCUT2D eigenvalue weighted by Crippen LogP contribution is -2.13. The maximum Gasteiger partial charge on any atom is 0.257 e. The summed E-state index contributed by atoms with van der Waals surface area (Å²) in [5, 5.41) is 7.06.